The highest BCUT2D eigenvalue weighted by Crippen LogP contribution is 2.28. The van der Waals surface area contributed by atoms with Gasteiger partial charge in [-0.05, 0) is 61.9 Å². The molecule has 0 saturated heterocycles. The summed E-state index contributed by atoms with van der Waals surface area (Å²) < 4.78 is 14.9. The number of fused-ring (bicyclic) bond motifs is 1. The van der Waals surface area contributed by atoms with Gasteiger partial charge >= 0.3 is 0 Å². The van der Waals surface area contributed by atoms with Crippen molar-refractivity contribution in [2.24, 2.45) is 0 Å². The summed E-state index contributed by atoms with van der Waals surface area (Å²) in [6.45, 7) is 2.96. The summed E-state index contributed by atoms with van der Waals surface area (Å²) in [5, 5.41) is 0. The van der Waals surface area contributed by atoms with Gasteiger partial charge in [-0.1, -0.05) is 0 Å². The normalized spacial score (nSPS) is 13.8. The van der Waals surface area contributed by atoms with Crippen molar-refractivity contribution in [3.8, 4) is 22.8 Å². The number of hydrogen-bond acceptors (Lipinski definition) is 3. The molecule has 1 aliphatic heterocycles. The van der Waals surface area contributed by atoms with E-state index in [0.29, 0.717) is 5.56 Å². The zero-order valence-electron chi connectivity index (χ0n) is 16.5. The molecule has 28 heavy (non-hydrogen) atoms. The Labute approximate surface area is 165 Å². The third kappa shape index (κ3) is 3.17. The van der Waals surface area contributed by atoms with E-state index in [1.54, 1.807) is 14.2 Å². The third-order valence-electron chi connectivity index (χ3n) is 5.50. The number of methoxy groups -OCH3 is 2. The number of imidazole rings is 1. The van der Waals surface area contributed by atoms with Crippen LogP contribution in [0.15, 0.2) is 54.7 Å². The van der Waals surface area contributed by atoms with Gasteiger partial charge in [0.25, 0.3) is 5.82 Å². The van der Waals surface area contributed by atoms with Crippen molar-refractivity contribution in [1.29, 1.82) is 0 Å². The fraction of sp³-hybridized carbons (Fsp3) is 0.304. The molecule has 2 aromatic carbocycles. The van der Waals surface area contributed by atoms with Gasteiger partial charge in [-0.15, -0.1) is 0 Å². The van der Waals surface area contributed by atoms with Crippen molar-refractivity contribution in [2.45, 2.75) is 32.4 Å². The summed E-state index contributed by atoms with van der Waals surface area (Å²) >= 11 is 0. The van der Waals surface area contributed by atoms with Crippen molar-refractivity contribution >= 4 is 5.78 Å². The van der Waals surface area contributed by atoms with Gasteiger partial charge in [-0.2, -0.15) is 0 Å². The maximum absolute atomic E-state index is 13.1. The van der Waals surface area contributed by atoms with Gasteiger partial charge in [-0.25, -0.2) is 9.13 Å². The van der Waals surface area contributed by atoms with Gasteiger partial charge < -0.3 is 9.47 Å². The van der Waals surface area contributed by atoms with E-state index in [9.17, 15) is 4.79 Å². The Morgan fingerprint density at radius 1 is 1.00 bits per heavy atom. The highest BCUT2D eigenvalue weighted by molar-refractivity contribution is 5.97. The van der Waals surface area contributed by atoms with E-state index in [0.717, 1.165) is 42.1 Å². The highest BCUT2D eigenvalue weighted by atomic mass is 16.5. The van der Waals surface area contributed by atoms with Crippen LogP contribution in [0.1, 0.15) is 35.6 Å². The molecule has 0 N–H and O–H groups in total. The molecule has 5 nitrogen and oxygen atoms in total. The van der Waals surface area contributed by atoms with Crippen molar-refractivity contribution in [1.82, 2.24) is 4.57 Å². The molecular weight excluding hydrogens is 352 g/mol. The topological polar surface area (TPSA) is 44.3 Å². The van der Waals surface area contributed by atoms with Crippen molar-refractivity contribution in [3.63, 3.8) is 0 Å². The summed E-state index contributed by atoms with van der Waals surface area (Å²) in [4.78, 5) is 13.1. The first-order valence-corrected chi connectivity index (χ1v) is 9.58. The smallest absolute Gasteiger partial charge is 0.257 e. The van der Waals surface area contributed by atoms with E-state index in [1.807, 2.05) is 43.3 Å². The molecule has 0 amide bonds. The molecule has 0 aliphatic carbocycles. The maximum Gasteiger partial charge on any atom is 0.257 e. The lowest BCUT2D eigenvalue weighted by Gasteiger charge is -2.09. The largest absolute Gasteiger partial charge is 0.497 e. The van der Waals surface area contributed by atoms with Crippen molar-refractivity contribution in [3.05, 3.63) is 66.1 Å². The highest BCUT2D eigenvalue weighted by Gasteiger charge is 2.33. The predicted molar refractivity (Wildman–Crippen MR) is 107 cm³/mol. The van der Waals surface area contributed by atoms with Crippen LogP contribution < -0.4 is 14.0 Å². The predicted octanol–water partition coefficient (Wildman–Crippen LogP) is 3.85. The van der Waals surface area contributed by atoms with E-state index >= 15 is 0 Å². The van der Waals surface area contributed by atoms with Gasteiger partial charge in [0, 0.05) is 11.1 Å². The molecule has 0 saturated carbocycles. The molecule has 0 radical (unpaired) electrons. The summed E-state index contributed by atoms with van der Waals surface area (Å²) in [5.74, 6) is 2.91. The van der Waals surface area contributed by atoms with Crippen LogP contribution in [0.2, 0.25) is 0 Å². The van der Waals surface area contributed by atoms with Crippen LogP contribution in [0.25, 0.3) is 11.3 Å². The van der Waals surface area contributed by atoms with E-state index in [4.69, 9.17) is 9.47 Å². The SMILES string of the molecule is COc1ccc(C(=O)[C@@H](C)[n+]2cc(-c3ccc(OC)cc3)n3c2CCC3)cc1. The van der Waals surface area contributed by atoms with E-state index < -0.39 is 0 Å². The molecule has 0 spiro atoms. The Hall–Kier alpha value is -3.08. The first-order chi connectivity index (χ1) is 13.6. The second kappa shape index (κ2) is 7.50. The Morgan fingerprint density at radius 2 is 1.61 bits per heavy atom. The van der Waals surface area contributed by atoms with E-state index in [2.05, 4.69) is 27.5 Å². The second-order valence-electron chi connectivity index (χ2n) is 7.09. The van der Waals surface area contributed by atoms with Crippen LogP contribution in [0.4, 0.5) is 0 Å². The molecule has 3 aromatic rings. The number of rotatable bonds is 6. The summed E-state index contributed by atoms with van der Waals surface area (Å²) in [6.07, 6.45) is 4.20. The number of Topliss-reactive ketones (excluding diaryl/α,β-unsaturated/α-hetero) is 1. The molecule has 4 rings (SSSR count). The van der Waals surface area contributed by atoms with Crippen LogP contribution >= 0.6 is 0 Å². The lowest BCUT2D eigenvalue weighted by molar-refractivity contribution is -0.710. The second-order valence-corrected chi connectivity index (χ2v) is 7.09. The number of nitrogens with zero attached hydrogens (tertiary/aromatic N) is 2. The van der Waals surface area contributed by atoms with Crippen LogP contribution in [-0.2, 0) is 13.0 Å². The number of aromatic nitrogens is 2. The molecule has 5 heteroatoms. The van der Waals surface area contributed by atoms with Crippen LogP contribution in [0.3, 0.4) is 0 Å². The average Bonchev–Trinajstić information content (AvgIpc) is 3.36. The molecule has 144 valence electrons. The molecule has 0 unspecified atom stereocenters. The zero-order valence-corrected chi connectivity index (χ0v) is 16.5. The lowest BCUT2D eigenvalue weighted by atomic mass is 10.0. The molecule has 2 heterocycles. The lowest BCUT2D eigenvalue weighted by Crippen LogP contribution is -2.44. The van der Waals surface area contributed by atoms with Gasteiger partial charge in [-0.3, -0.25) is 4.79 Å². The summed E-state index contributed by atoms with van der Waals surface area (Å²) in [5.41, 5.74) is 2.97. The first kappa shape index (κ1) is 18.3. The standard InChI is InChI=1S/C23H25N2O3/c1-16(23(26)18-8-12-20(28-3)13-9-18)25-15-21(24-14-4-5-22(24)25)17-6-10-19(27-2)11-7-17/h6-13,15-16H,4-5,14H2,1-3H3/q+1/t16-/m1/s1. The number of carbonyl (C=O) groups is 1. The summed E-state index contributed by atoms with van der Waals surface area (Å²) in [6, 6.07) is 15.1. The molecule has 0 bridgehead atoms. The maximum atomic E-state index is 13.1. The Balaban J connectivity index is 1.68. The molecular formula is C23H25N2O3+. The number of benzene rings is 2. The third-order valence-corrected chi connectivity index (χ3v) is 5.50. The van der Waals surface area contributed by atoms with Gasteiger partial charge in [0.15, 0.2) is 11.7 Å². The van der Waals surface area contributed by atoms with Crippen LogP contribution in [0.5, 0.6) is 11.5 Å². The number of ether oxygens (including phenoxy) is 2. The molecule has 1 atom stereocenters. The fourth-order valence-electron chi connectivity index (χ4n) is 3.91. The van der Waals surface area contributed by atoms with Crippen LogP contribution in [-0.4, -0.2) is 24.6 Å². The minimum absolute atomic E-state index is 0.106. The number of carbonyl (C=O) groups excluding carboxylic acids is 1. The van der Waals surface area contributed by atoms with Crippen molar-refractivity contribution in [2.75, 3.05) is 14.2 Å². The minimum Gasteiger partial charge on any atom is -0.497 e. The van der Waals surface area contributed by atoms with E-state index in [-0.39, 0.29) is 11.8 Å². The first-order valence-electron chi connectivity index (χ1n) is 9.58. The average molecular weight is 377 g/mol. The fourth-order valence-corrected chi connectivity index (χ4v) is 3.91. The molecule has 0 fully saturated rings. The Bertz CT molecular complexity index is 988. The minimum atomic E-state index is -0.264. The Morgan fingerprint density at radius 3 is 2.21 bits per heavy atom. The van der Waals surface area contributed by atoms with Crippen molar-refractivity contribution < 1.29 is 18.8 Å². The summed E-state index contributed by atoms with van der Waals surface area (Å²) in [7, 11) is 3.30. The van der Waals surface area contributed by atoms with Crippen LogP contribution in [0, 0.1) is 0 Å². The molecule has 1 aromatic heterocycles. The van der Waals surface area contributed by atoms with Gasteiger partial charge in [0.05, 0.1) is 27.2 Å². The van der Waals surface area contributed by atoms with Gasteiger partial charge in [0.1, 0.15) is 17.7 Å². The monoisotopic (exact) mass is 377 g/mol. The quantitative estimate of drug-likeness (QED) is 0.484. The Kier molecular flexibility index (Phi) is 4.90. The molecule has 1 aliphatic rings. The van der Waals surface area contributed by atoms with E-state index in [1.165, 1.54) is 5.82 Å². The zero-order chi connectivity index (χ0) is 19.7. The van der Waals surface area contributed by atoms with Gasteiger partial charge in [0.2, 0.25) is 5.78 Å². The number of hydrogen-bond donors (Lipinski definition) is 0. The number of ketones is 1.